The van der Waals surface area contributed by atoms with E-state index in [-0.39, 0.29) is 5.91 Å². The summed E-state index contributed by atoms with van der Waals surface area (Å²) in [5.74, 6) is 0.605. The van der Waals surface area contributed by atoms with Gasteiger partial charge >= 0.3 is 0 Å². The summed E-state index contributed by atoms with van der Waals surface area (Å²) in [5, 5.41) is 6.52. The standard InChI is InChI=1S/C14H21ClN2O2/c1-3-16-10-11-5-6-13(12(15)9-11)19-8-7-14(18)17-4-2/h5-6,9,16H,3-4,7-8,10H2,1-2H3,(H,17,18). The van der Waals surface area contributed by atoms with E-state index in [2.05, 4.69) is 17.6 Å². The van der Waals surface area contributed by atoms with Gasteiger partial charge in [0.05, 0.1) is 18.1 Å². The molecule has 2 N–H and O–H groups in total. The Bertz CT molecular complexity index is 410. The SMILES string of the molecule is CCNCc1ccc(OCCC(=O)NCC)c(Cl)c1. The molecule has 0 saturated heterocycles. The second-order valence-electron chi connectivity index (χ2n) is 4.10. The van der Waals surface area contributed by atoms with Gasteiger partial charge in [0.2, 0.25) is 5.91 Å². The first-order valence-corrected chi connectivity index (χ1v) is 6.93. The Morgan fingerprint density at radius 1 is 1.32 bits per heavy atom. The van der Waals surface area contributed by atoms with E-state index in [1.807, 2.05) is 25.1 Å². The summed E-state index contributed by atoms with van der Waals surface area (Å²) >= 11 is 6.13. The van der Waals surface area contributed by atoms with Crippen LogP contribution in [-0.4, -0.2) is 25.6 Å². The Labute approximate surface area is 119 Å². The number of hydrogen-bond donors (Lipinski definition) is 2. The van der Waals surface area contributed by atoms with Gasteiger partial charge in [-0.15, -0.1) is 0 Å². The van der Waals surface area contributed by atoms with Crippen molar-refractivity contribution in [3.8, 4) is 5.75 Å². The van der Waals surface area contributed by atoms with Crippen molar-refractivity contribution >= 4 is 17.5 Å². The average Bonchev–Trinajstić information content (AvgIpc) is 2.39. The molecule has 5 heteroatoms. The number of carbonyl (C=O) groups is 1. The van der Waals surface area contributed by atoms with Gasteiger partial charge in [-0.25, -0.2) is 0 Å². The lowest BCUT2D eigenvalue weighted by Gasteiger charge is -2.09. The van der Waals surface area contributed by atoms with E-state index >= 15 is 0 Å². The zero-order chi connectivity index (χ0) is 14.1. The van der Waals surface area contributed by atoms with Crippen molar-refractivity contribution in [1.29, 1.82) is 0 Å². The molecule has 0 unspecified atom stereocenters. The molecule has 0 radical (unpaired) electrons. The fraction of sp³-hybridized carbons (Fsp3) is 0.500. The van der Waals surface area contributed by atoms with Crippen LogP contribution in [0, 0.1) is 0 Å². The van der Waals surface area contributed by atoms with Crippen LogP contribution in [0.5, 0.6) is 5.75 Å². The van der Waals surface area contributed by atoms with Crippen molar-refractivity contribution in [2.45, 2.75) is 26.8 Å². The van der Waals surface area contributed by atoms with Crippen LogP contribution in [0.15, 0.2) is 18.2 Å². The number of nitrogens with one attached hydrogen (secondary N) is 2. The third kappa shape index (κ3) is 5.94. The molecule has 0 aromatic heterocycles. The van der Waals surface area contributed by atoms with Crippen LogP contribution in [0.4, 0.5) is 0 Å². The summed E-state index contributed by atoms with van der Waals surface area (Å²) < 4.78 is 5.50. The van der Waals surface area contributed by atoms with E-state index in [4.69, 9.17) is 16.3 Å². The molecule has 0 spiro atoms. The Hall–Kier alpha value is -1.26. The van der Waals surface area contributed by atoms with Crippen molar-refractivity contribution < 1.29 is 9.53 Å². The molecule has 0 bridgehead atoms. The summed E-state index contributed by atoms with van der Waals surface area (Å²) in [5.41, 5.74) is 1.11. The normalized spacial score (nSPS) is 10.3. The smallest absolute Gasteiger partial charge is 0.223 e. The molecule has 19 heavy (non-hydrogen) atoms. The Morgan fingerprint density at radius 2 is 2.11 bits per heavy atom. The maximum atomic E-state index is 11.3. The summed E-state index contributed by atoms with van der Waals surface area (Å²) in [6.07, 6.45) is 0.337. The fourth-order valence-electron chi connectivity index (χ4n) is 1.58. The first kappa shape index (κ1) is 15.8. The minimum absolute atomic E-state index is 0.0117. The van der Waals surface area contributed by atoms with Gasteiger partial charge < -0.3 is 15.4 Å². The van der Waals surface area contributed by atoms with E-state index in [1.54, 1.807) is 0 Å². The van der Waals surface area contributed by atoms with Gasteiger partial charge in [-0.3, -0.25) is 4.79 Å². The molecule has 0 saturated carbocycles. The molecule has 0 aliphatic heterocycles. The number of amides is 1. The van der Waals surface area contributed by atoms with Gasteiger partial charge in [0.15, 0.2) is 0 Å². The first-order valence-electron chi connectivity index (χ1n) is 6.56. The second kappa shape index (κ2) is 8.77. The highest BCUT2D eigenvalue weighted by molar-refractivity contribution is 6.32. The third-order valence-electron chi connectivity index (χ3n) is 2.54. The van der Waals surface area contributed by atoms with Crippen molar-refractivity contribution in [3.63, 3.8) is 0 Å². The van der Waals surface area contributed by atoms with Gasteiger partial charge in [0.25, 0.3) is 0 Å². The largest absolute Gasteiger partial charge is 0.491 e. The molecule has 1 aromatic carbocycles. The van der Waals surface area contributed by atoms with E-state index in [0.717, 1.165) is 18.7 Å². The average molecular weight is 285 g/mol. The van der Waals surface area contributed by atoms with Gasteiger partial charge in [0.1, 0.15) is 5.75 Å². The molecule has 1 amide bonds. The molecule has 0 heterocycles. The zero-order valence-corrected chi connectivity index (χ0v) is 12.2. The van der Waals surface area contributed by atoms with Crippen molar-refractivity contribution in [1.82, 2.24) is 10.6 Å². The quantitative estimate of drug-likeness (QED) is 0.770. The van der Waals surface area contributed by atoms with Crippen LogP contribution in [0.1, 0.15) is 25.8 Å². The number of halogens is 1. The summed E-state index contributed by atoms with van der Waals surface area (Å²) in [7, 11) is 0. The Kier molecular flexibility index (Phi) is 7.30. The van der Waals surface area contributed by atoms with Crippen LogP contribution in [0.3, 0.4) is 0 Å². The molecular weight excluding hydrogens is 264 g/mol. The zero-order valence-electron chi connectivity index (χ0n) is 11.5. The molecule has 1 aromatic rings. The molecule has 0 atom stereocenters. The number of ether oxygens (including phenoxy) is 1. The van der Waals surface area contributed by atoms with Crippen LogP contribution in [-0.2, 0) is 11.3 Å². The highest BCUT2D eigenvalue weighted by Crippen LogP contribution is 2.25. The van der Waals surface area contributed by atoms with Gasteiger partial charge in [-0.05, 0) is 31.2 Å². The molecule has 0 aliphatic carbocycles. The maximum Gasteiger partial charge on any atom is 0.223 e. The minimum Gasteiger partial charge on any atom is -0.491 e. The van der Waals surface area contributed by atoms with Crippen LogP contribution in [0.25, 0.3) is 0 Å². The molecule has 1 rings (SSSR count). The van der Waals surface area contributed by atoms with Crippen molar-refractivity contribution in [2.75, 3.05) is 19.7 Å². The van der Waals surface area contributed by atoms with Crippen LogP contribution >= 0.6 is 11.6 Å². The number of hydrogen-bond acceptors (Lipinski definition) is 3. The van der Waals surface area contributed by atoms with Crippen molar-refractivity contribution in [2.24, 2.45) is 0 Å². The Morgan fingerprint density at radius 3 is 2.74 bits per heavy atom. The Balaban J connectivity index is 2.44. The molecule has 0 aliphatic rings. The summed E-state index contributed by atoms with van der Waals surface area (Å²) in [6, 6.07) is 5.69. The minimum atomic E-state index is -0.0117. The molecule has 0 fully saturated rings. The van der Waals surface area contributed by atoms with E-state index in [9.17, 15) is 4.79 Å². The predicted octanol–water partition coefficient (Wildman–Crippen LogP) is 2.35. The molecule has 106 valence electrons. The third-order valence-corrected chi connectivity index (χ3v) is 2.83. The second-order valence-corrected chi connectivity index (χ2v) is 4.50. The maximum absolute atomic E-state index is 11.3. The van der Waals surface area contributed by atoms with Gasteiger partial charge in [-0.2, -0.15) is 0 Å². The fourth-order valence-corrected chi connectivity index (χ4v) is 1.84. The molecule has 4 nitrogen and oxygen atoms in total. The number of carbonyl (C=O) groups excluding carboxylic acids is 1. The summed E-state index contributed by atoms with van der Waals surface area (Å²) in [4.78, 5) is 11.3. The van der Waals surface area contributed by atoms with E-state index in [1.165, 1.54) is 0 Å². The van der Waals surface area contributed by atoms with E-state index in [0.29, 0.717) is 30.3 Å². The highest BCUT2D eigenvalue weighted by atomic mass is 35.5. The predicted molar refractivity (Wildman–Crippen MR) is 77.6 cm³/mol. The number of rotatable bonds is 8. The van der Waals surface area contributed by atoms with E-state index < -0.39 is 0 Å². The lowest BCUT2D eigenvalue weighted by Crippen LogP contribution is -2.24. The molecular formula is C14H21ClN2O2. The lowest BCUT2D eigenvalue weighted by atomic mass is 10.2. The van der Waals surface area contributed by atoms with Gasteiger partial charge in [0, 0.05) is 13.1 Å². The lowest BCUT2D eigenvalue weighted by molar-refractivity contribution is -0.121. The monoisotopic (exact) mass is 284 g/mol. The highest BCUT2D eigenvalue weighted by Gasteiger charge is 2.05. The van der Waals surface area contributed by atoms with Crippen LogP contribution in [0.2, 0.25) is 5.02 Å². The number of benzene rings is 1. The van der Waals surface area contributed by atoms with Crippen LogP contribution < -0.4 is 15.4 Å². The first-order chi connectivity index (χ1) is 9.17. The topological polar surface area (TPSA) is 50.4 Å². The van der Waals surface area contributed by atoms with Crippen molar-refractivity contribution in [3.05, 3.63) is 28.8 Å². The summed E-state index contributed by atoms with van der Waals surface area (Å²) in [6.45, 7) is 6.62. The van der Waals surface area contributed by atoms with Gasteiger partial charge in [-0.1, -0.05) is 24.6 Å².